The van der Waals surface area contributed by atoms with E-state index in [1.807, 2.05) is 0 Å². The van der Waals surface area contributed by atoms with E-state index in [9.17, 15) is 14.4 Å². The number of nitrogens with two attached hydrogens (primary N) is 1. The van der Waals surface area contributed by atoms with E-state index >= 15 is 0 Å². The monoisotopic (exact) mass is 342 g/mol. The first-order chi connectivity index (χ1) is 10.8. The fourth-order valence-electron chi connectivity index (χ4n) is 3.67. The normalized spacial score (nSPS) is 32.1. The lowest BCUT2D eigenvalue weighted by atomic mass is 9.98. The Morgan fingerprint density at radius 2 is 2.13 bits per heavy atom. The molecule has 3 aliphatic rings. The first kappa shape index (κ1) is 18.1. The van der Waals surface area contributed by atoms with Gasteiger partial charge in [0.1, 0.15) is 6.04 Å². The Kier molecular flexibility index (Phi) is 5.63. The number of hydrogen-bond donors (Lipinski definition) is 3. The van der Waals surface area contributed by atoms with Gasteiger partial charge in [0.25, 0.3) is 0 Å². The molecule has 3 fully saturated rings. The maximum absolute atomic E-state index is 11.2. The summed E-state index contributed by atoms with van der Waals surface area (Å²) in [6.07, 6.45) is 1.38. The summed E-state index contributed by atoms with van der Waals surface area (Å²) in [7, 11) is 2.79. The standard InChI is InChI=1S/C8H13N3O3.C7H14NP/c9-7(13)6(11-4-12)3-5-1-2-10-8(5)14;1-7(2)5-3-8(9)4-6(5)7/h4-6H,1-3H2,(H2,9,13)(H,10,14)(H,11,12);5-6H,3-4,9H2,1-2H3/t2*5-,6?/m01/s1. The Hall–Kier alpha value is -1.20. The lowest BCUT2D eigenvalue weighted by molar-refractivity contribution is -0.125. The van der Waals surface area contributed by atoms with Crippen molar-refractivity contribution in [2.24, 2.45) is 28.9 Å². The Morgan fingerprint density at radius 1 is 1.52 bits per heavy atom. The van der Waals surface area contributed by atoms with Gasteiger partial charge in [0.15, 0.2) is 0 Å². The van der Waals surface area contributed by atoms with E-state index in [0.717, 1.165) is 11.8 Å². The van der Waals surface area contributed by atoms with E-state index in [-0.39, 0.29) is 18.2 Å². The molecule has 0 aromatic carbocycles. The lowest BCUT2D eigenvalue weighted by Gasteiger charge is -2.15. The summed E-state index contributed by atoms with van der Waals surface area (Å²) >= 11 is 0. The molecule has 3 unspecified atom stereocenters. The molecule has 2 heterocycles. The molecule has 0 bridgehead atoms. The maximum Gasteiger partial charge on any atom is 0.240 e. The first-order valence-electron chi connectivity index (χ1n) is 8.03. The quantitative estimate of drug-likeness (QED) is 0.462. The van der Waals surface area contributed by atoms with E-state index in [1.165, 1.54) is 13.1 Å². The second kappa shape index (κ2) is 7.14. The SMILES string of the molecule is CC1(C)C2CN(P)C[C@H]21.NC(=O)C(C[C@@H]1CCNC1=O)NC=O. The molecule has 4 N–H and O–H groups in total. The van der Waals surface area contributed by atoms with Gasteiger partial charge in [0.2, 0.25) is 18.2 Å². The fourth-order valence-corrected chi connectivity index (χ4v) is 4.12. The molecule has 2 saturated heterocycles. The van der Waals surface area contributed by atoms with Gasteiger partial charge >= 0.3 is 0 Å². The average Bonchev–Trinajstić information content (AvgIpc) is 2.87. The maximum atomic E-state index is 11.2. The van der Waals surface area contributed by atoms with Crippen molar-refractivity contribution in [3.05, 3.63) is 0 Å². The minimum absolute atomic E-state index is 0.0797. The molecule has 0 radical (unpaired) electrons. The molecule has 3 amide bonds. The highest BCUT2D eigenvalue weighted by Gasteiger charge is 2.61. The van der Waals surface area contributed by atoms with Gasteiger partial charge in [-0.1, -0.05) is 23.2 Å². The van der Waals surface area contributed by atoms with Crippen LogP contribution in [0.4, 0.5) is 0 Å². The predicted molar refractivity (Wildman–Crippen MR) is 90.0 cm³/mol. The topological polar surface area (TPSA) is 105 Å². The molecule has 7 nitrogen and oxygen atoms in total. The van der Waals surface area contributed by atoms with E-state index in [0.29, 0.717) is 24.8 Å². The molecule has 0 aromatic heterocycles. The van der Waals surface area contributed by atoms with Crippen LogP contribution in [0.2, 0.25) is 0 Å². The van der Waals surface area contributed by atoms with Crippen LogP contribution in [0.3, 0.4) is 0 Å². The van der Waals surface area contributed by atoms with E-state index in [1.54, 1.807) is 0 Å². The summed E-state index contributed by atoms with van der Waals surface area (Å²) in [5.74, 6) is 1.10. The number of nitrogens with one attached hydrogen (secondary N) is 2. The number of rotatable bonds is 5. The lowest BCUT2D eigenvalue weighted by Crippen LogP contribution is -2.42. The number of primary amides is 1. The molecule has 0 aromatic rings. The number of carbonyl (C=O) groups excluding carboxylic acids is 3. The minimum Gasteiger partial charge on any atom is -0.368 e. The molecule has 1 saturated carbocycles. The third-order valence-corrected chi connectivity index (χ3v) is 5.87. The van der Waals surface area contributed by atoms with Gasteiger partial charge in [0, 0.05) is 25.6 Å². The largest absolute Gasteiger partial charge is 0.368 e. The molecule has 8 heteroatoms. The van der Waals surface area contributed by atoms with Crippen LogP contribution in [0.1, 0.15) is 26.7 Å². The van der Waals surface area contributed by atoms with Crippen LogP contribution in [0.15, 0.2) is 0 Å². The Labute approximate surface area is 139 Å². The average molecular weight is 342 g/mol. The Balaban J connectivity index is 0.000000182. The van der Waals surface area contributed by atoms with Gasteiger partial charge in [-0.25, -0.2) is 0 Å². The van der Waals surface area contributed by atoms with Crippen LogP contribution >= 0.6 is 9.39 Å². The molecule has 23 heavy (non-hydrogen) atoms. The van der Waals surface area contributed by atoms with Gasteiger partial charge in [-0.3, -0.25) is 19.1 Å². The van der Waals surface area contributed by atoms with E-state index in [4.69, 9.17) is 5.73 Å². The van der Waals surface area contributed by atoms with Crippen molar-refractivity contribution in [2.45, 2.75) is 32.7 Å². The molecular formula is C15H27N4O3P. The number of nitrogens with zero attached hydrogens (tertiary/aromatic N) is 1. The Bertz CT molecular complexity index is 471. The highest BCUT2D eigenvalue weighted by atomic mass is 31.0. The van der Waals surface area contributed by atoms with Crippen LogP contribution in [-0.4, -0.2) is 48.6 Å². The third kappa shape index (κ3) is 4.21. The molecule has 2 aliphatic heterocycles. The van der Waals surface area contributed by atoms with Crippen LogP contribution < -0.4 is 16.4 Å². The van der Waals surface area contributed by atoms with Crippen molar-refractivity contribution in [1.29, 1.82) is 0 Å². The van der Waals surface area contributed by atoms with Crippen molar-refractivity contribution >= 4 is 27.6 Å². The number of fused-ring (bicyclic) bond motifs is 1. The predicted octanol–water partition coefficient (Wildman–Crippen LogP) is -0.523. The highest BCUT2D eigenvalue weighted by molar-refractivity contribution is 7.13. The van der Waals surface area contributed by atoms with Gasteiger partial charge in [-0.05, 0) is 30.1 Å². The molecule has 5 atom stereocenters. The van der Waals surface area contributed by atoms with E-state index < -0.39 is 11.9 Å². The number of carbonyl (C=O) groups is 3. The van der Waals surface area contributed by atoms with Crippen molar-refractivity contribution in [3.63, 3.8) is 0 Å². The van der Waals surface area contributed by atoms with Crippen molar-refractivity contribution in [1.82, 2.24) is 15.3 Å². The Morgan fingerprint density at radius 3 is 2.52 bits per heavy atom. The van der Waals surface area contributed by atoms with Crippen LogP contribution in [-0.2, 0) is 14.4 Å². The highest BCUT2D eigenvalue weighted by Crippen LogP contribution is 2.62. The second-order valence-electron chi connectivity index (χ2n) is 7.24. The van der Waals surface area contributed by atoms with Crippen LogP contribution in [0.25, 0.3) is 0 Å². The zero-order valence-electron chi connectivity index (χ0n) is 13.7. The summed E-state index contributed by atoms with van der Waals surface area (Å²) in [6, 6.07) is -0.749. The molecule has 1 aliphatic carbocycles. The van der Waals surface area contributed by atoms with Gasteiger partial charge in [0.05, 0.1) is 0 Å². The van der Waals surface area contributed by atoms with Gasteiger partial charge in [-0.15, -0.1) is 0 Å². The van der Waals surface area contributed by atoms with Gasteiger partial charge in [-0.2, -0.15) is 0 Å². The zero-order valence-corrected chi connectivity index (χ0v) is 14.9. The van der Waals surface area contributed by atoms with Crippen LogP contribution in [0, 0.1) is 23.2 Å². The summed E-state index contributed by atoms with van der Waals surface area (Å²) in [6.45, 7) is 8.01. The number of amides is 3. The van der Waals surface area contributed by atoms with E-state index in [2.05, 4.69) is 38.5 Å². The molecular weight excluding hydrogens is 315 g/mol. The second-order valence-corrected chi connectivity index (χ2v) is 7.97. The number of hydrogen-bond acceptors (Lipinski definition) is 4. The summed E-state index contributed by atoms with van der Waals surface area (Å²) < 4.78 is 2.36. The van der Waals surface area contributed by atoms with Crippen LogP contribution in [0.5, 0.6) is 0 Å². The minimum atomic E-state index is -0.749. The summed E-state index contributed by atoms with van der Waals surface area (Å²) in [5, 5.41) is 4.94. The molecule has 0 spiro atoms. The first-order valence-corrected chi connectivity index (χ1v) is 8.55. The zero-order chi connectivity index (χ0) is 17.2. The van der Waals surface area contributed by atoms with Crippen molar-refractivity contribution < 1.29 is 14.4 Å². The van der Waals surface area contributed by atoms with Crippen molar-refractivity contribution in [2.75, 3.05) is 19.6 Å². The van der Waals surface area contributed by atoms with Gasteiger partial charge < -0.3 is 16.4 Å². The molecule has 130 valence electrons. The number of piperidine rings is 1. The summed E-state index contributed by atoms with van der Waals surface area (Å²) in [4.78, 5) is 32.2. The third-order valence-electron chi connectivity index (χ3n) is 5.45. The van der Waals surface area contributed by atoms with Crippen molar-refractivity contribution in [3.8, 4) is 0 Å². The summed E-state index contributed by atoms with van der Waals surface area (Å²) in [5.41, 5.74) is 5.74. The smallest absolute Gasteiger partial charge is 0.240 e. The molecule has 3 rings (SSSR count). The fraction of sp³-hybridized carbons (Fsp3) is 0.800.